The zero-order valence-corrected chi connectivity index (χ0v) is 36.4. The fourth-order valence-corrected chi connectivity index (χ4v) is 7.60. The van der Waals surface area contributed by atoms with Crippen LogP contribution in [0.15, 0.2) is 68.7 Å². The number of rotatable bonds is 13. The first-order valence-corrected chi connectivity index (χ1v) is 21.4. The maximum absolute atomic E-state index is 14.1. The number of anilines is 3. The zero-order valence-electron chi connectivity index (χ0n) is 35.5. The SMILES string of the molecule is CCCCNC(=O)c1cc(=O)c2cc(C(C)(C)C)cc(NC(=O)Nc3cccc(S(=O)(=O)Nc4cc(C(C)(C)C)cc5c4OC(C(=O)OCC)(C(=O)OCC)CC5)c3)c2o1. The van der Waals surface area contributed by atoms with E-state index in [1.54, 1.807) is 32.0 Å². The molecule has 2 heterocycles. The first-order chi connectivity index (χ1) is 28.1. The van der Waals surface area contributed by atoms with Crippen molar-refractivity contribution in [3.05, 3.63) is 87.3 Å². The summed E-state index contributed by atoms with van der Waals surface area (Å²) in [6, 6.07) is 12.6. The lowest BCUT2D eigenvalue weighted by molar-refractivity contribution is -0.181. The number of sulfonamides is 1. The number of hydrogen-bond acceptors (Lipinski definition) is 11. The number of unbranched alkanes of at least 4 members (excludes halogenated alkanes) is 1. The van der Waals surface area contributed by atoms with Crippen LogP contribution in [-0.4, -0.2) is 57.7 Å². The van der Waals surface area contributed by atoms with E-state index in [1.165, 1.54) is 24.3 Å². The number of ether oxygens (including phenoxy) is 3. The highest BCUT2D eigenvalue weighted by Crippen LogP contribution is 2.44. The fourth-order valence-electron chi connectivity index (χ4n) is 6.50. The number of hydrogen-bond donors (Lipinski definition) is 4. The van der Waals surface area contributed by atoms with Crippen LogP contribution in [0.25, 0.3) is 11.0 Å². The Bertz CT molecular complexity index is 2460. The predicted octanol–water partition coefficient (Wildman–Crippen LogP) is 7.55. The molecule has 1 aliphatic rings. The van der Waals surface area contributed by atoms with Crippen LogP contribution in [0.4, 0.5) is 21.9 Å². The number of carbonyl (C=O) groups is 4. The first kappa shape index (κ1) is 45.2. The van der Waals surface area contributed by atoms with Crippen LogP contribution in [0.3, 0.4) is 0 Å². The van der Waals surface area contributed by atoms with E-state index in [0.29, 0.717) is 17.7 Å². The van der Waals surface area contributed by atoms with Crippen LogP contribution in [0.1, 0.15) is 109 Å². The molecule has 60 heavy (non-hydrogen) atoms. The third-order valence-electron chi connectivity index (χ3n) is 9.89. The minimum absolute atomic E-state index is 0.00945. The molecule has 0 atom stereocenters. The van der Waals surface area contributed by atoms with E-state index in [-0.39, 0.29) is 70.5 Å². The molecule has 0 saturated carbocycles. The molecule has 0 unspecified atom stereocenters. The Morgan fingerprint density at radius 1 is 0.817 bits per heavy atom. The van der Waals surface area contributed by atoms with Gasteiger partial charge in [-0.05, 0) is 90.6 Å². The zero-order chi connectivity index (χ0) is 44.2. The molecule has 0 saturated heterocycles. The second-order valence-electron chi connectivity index (χ2n) is 16.6. The van der Waals surface area contributed by atoms with Gasteiger partial charge in [-0.1, -0.05) is 67.0 Å². The van der Waals surface area contributed by atoms with E-state index >= 15 is 0 Å². The maximum atomic E-state index is 14.1. The van der Waals surface area contributed by atoms with Gasteiger partial charge in [-0.25, -0.2) is 22.8 Å². The van der Waals surface area contributed by atoms with Crippen LogP contribution >= 0.6 is 0 Å². The predicted molar refractivity (Wildman–Crippen MR) is 228 cm³/mol. The van der Waals surface area contributed by atoms with Gasteiger partial charge in [0.15, 0.2) is 16.8 Å². The second kappa shape index (κ2) is 17.8. The summed E-state index contributed by atoms with van der Waals surface area (Å²) in [5, 5.41) is 8.25. The molecule has 0 bridgehead atoms. The monoisotopic (exact) mass is 846 g/mol. The van der Waals surface area contributed by atoms with E-state index in [2.05, 4.69) is 20.7 Å². The molecule has 322 valence electrons. The number of aryl methyl sites for hydroxylation is 1. The molecule has 3 aromatic carbocycles. The second-order valence-corrected chi connectivity index (χ2v) is 18.3. The van der Waals surface area contributed by atoms with Crippen molar-refractivity contribution in [1.29, 1.82) is 0 Å². The van der Waals surface area contributed by atoms with Gasteiger partial charge in [0.1, 0.15) is 5.75 Å². The average molecular weight is 847 g/mol. The van der Waals surface area contributed by atoms with Crippen LogP contribution in [0.5, 0.6) is 5.75 Å². The van der Waals surface area contributed by atoms with Gasteiger partial charge in [0.2, 0.25) is 0 Å². The number of esters is 2. The molecular formula is C44H54N4O11S. The average Bonchev–Trinajstić information content (AvgIpc) is 3.17. The van der Waals surface area contributed by atoms with Crippen molar-refractivity contribution >= 4 is 61.9 Å². The summed E-state index contributed by atoms with van der Waals surface area (Å²) in [7, 11) is -4.42. The summed E-state index contributed by atoms with van der Waals surface area (Å²) >= 11 is 0. The summed E-state index contributed by atoms with van der Waals surface area (Å²) in [4.78, 5) is 66.1. The van der Waals surface area contributed by atoms with Crippen molar-refractivity contribution in [2.45, 2.75) is 109 Å². The lowest BCUT2D eigenvalue weighted by atomic mass is 9.83. The van der Waals surface area contributed by atoms with Crippen molar-refractivity contribution in [3.8, 4) is 5.75 Å². The number of urea groups is 1. The smallest absolute Gasteiger partial charge is 0.362 e. The molecule has 0 fully saturated rings. The molecule has 0 spiro atoms. The number of nitrogens with one attached hydrogen (secondary N) is 4. The largest absolute Gasteiger partial charge is 0.463 e. The molecule has 0 radical (unpaired) electrons. The number of carbonyl (C=O) groups excluding carboxylic acids is 4. The number of amides is 3. The summed E-state index contributed by atoms with van der Waals surface area (Å²) in [5.41, 5.74) is -1.30. The van der Waals surface area contributed by atoms with E-state index < -0.39 is 55.8 Å². The van der Waals surface area contributed by atoms with Crippen LogP contribution in [-0.2, 0) is 46.3 Å². The van der Waals surface area contributed by atoms with Gasteiger partial charge in [0, 0.05) is 24.7 Å². The Balaban J connectivity index is 1.48. The quantitative estimate of drug-likeness (QED) is 0.0587. The van der Waals surface area contributed by atoms with Gasteiger partial charge >= 0.3 is 23.6 Å². The minimum Gasteiger partial charge on any atom is -0.463 e. The van der Waals surface area contributed by atoms with E-state index in [0.717, 1.165) is 24.5 Å². The van der Waals surface area contributed by atoms with Crippen LogP contribution < -0.4 is 30.8 Å². The van der Waals surface area contributed by atoms with Crippen molar-refractivity contribution in [2.24, 2.45) is 0 Å². The molecule has 1 aliphatic heterocycles. The Morgan fingerprint density at radius 3 is 2.07 bits per heavy atom. The molecule has 1 aromatic heterocycles. The van der Waals surface area contributed by atoms with Crippen molar-refractivity contribution in [2.75, 3.05) is 35.1 Å². The van der Waals surface area contributed by atoms with E-state index in [9.17, 15) is 32.4 Å². The molecule has 0 aliphatic carbocycles. The van der Waals surface area contributed by atoms with Gasteiger partial charge in [-0.2, -0.15) is 0 Å². The van der Waals surface area contributed by atoms with Gasteiger partial charge in [-0.3, -0.25) is 14.3 Å². The lowest BCUT2D eigenvalue weighted by Gasteiger charge is -2.36. The normalized spacial score (nSPS) is 13.7. The summed E-state index contributed by atoms with van der Waals surface area (Å²) in [6.07, 6.45) is 1.67. The molecule has 5 rings (SSSR count). The summed E-state index contributed by atoms with van der Waals surface area (Å²) in [6.45, 7) is 17.2. The van der Waals surface area contributed by atoms with Gasteiger partial charge in [0.05, 0.1) is 34.9 Å². The Kier molecular flexibility index (Phi) is 13.4. The topological polar surface area (TPSA) is 208 Å². The van der Waals surface area contributed by atoms with E-state index in [4.69, 9.17) is 18.6 Å². The first-order valence-electron chi connectivity index (χ1n) is 20.0. The third kappa shape index (κ3) is 9.92. The maximum Gasteiger partial charge on any atom is 0.362 e. The minimum atomic E-state index is -4.42. The molecular weight excluding hydrogens is 793 g/mol. The molecule has 3 amide bonds. The Labute approximate surface area is 350 Å². The molecule has 4 N–H and O–H groups in total. The van der Waals surface area contributed by atoms with Crippen molar-refractivity contribution in [3.63, 3.8) is 0 Å². The standard InChI is InChI=1S/C44H54N4O11S/c1-10-13-19-45-38(50)35-25-34(49)31-21-28(43(7,8)9)22-32(37(31)58-35)47-41(53)46-29-15-14-16-30(24-29)60(54,55)48-33-23-27(42(4,5)6)20-26-17-18-44(59-36(26)33,39(51)56-11-2)40(52)57-12-3/h14-16,20-25,48H,10-13,17-19H2,1-9H3,(H,45,50)(H2,46,47,53). The summed E-state index contributed by atoms with van der Waals surface area (Å²) in [5.74, 6) is -2.71. The van der Waals surface area contributed by atoms with Gasteiger partial charge in [0.25, 0.3) is 15.9 Å². The van der Waals surface area contributed by atoms with Gasteiger partial charge < -0.3 is 34.6 Å². The summed E-state index contributed by atoms with van der Waals surface area (Å²) < 4.78 is 53.5. The van der Waals surface area contributed by atoms with Crippen LogP contribution in [0, 0.1) is 0 Å². The fraction of sp³-hybridized carbons (Fsp3) is 0.432. The highest BCUT2D eigenvalue weighted by molar-refractivity contribution is 7.92. The molecule has 15 nitrogen and oxygen atoms in total. The van der Waals surface area contributed by atoms with Crippen LogP contribution in [0.2, 0.25) is 0 Å². The highest BCUT2D eigenvalue weighted by Gasteiger charge is 2.54. The van der Waals surface area contributed by atoms with E-state index in [1.807, 2.05) is 54.5 Å². The number of fused-ring (bicyclic) bond motifs is 2. The number of benzene rings is 3. The lowest BCUT2D eigenvalue weighted by Crippen LogP contribution is -2.55. The Morgan fingerprint density at radius 2 is 1.45 bits per heavy atom. The third-order valence-corrected chi connectivity index (χ3v) is 11.3. The molecule has 4 aromatic rings. The van der Waals surface area contributed by atoms with Crippen molar-refractivity contribution < 1.29 is 46.2 Å². The van der Waals surface area contributed by atoms with Crippen molar-refractivity contribution in [1.82, 2.24) is 5.32 Å². The highest BCUT2D eigenvalue weighted by atomic mass is 32.2. The molecule has 16 heteroatoms. The van der Waals surface area contributed by atoms with Gasteiger partial charge in [-0.15, -0.1) is 0 Å². The Hall–Kier alpha value is -5.90.